The van der Waals surface area contributed by atoms with Crippen molar-refractivity contribution in [1.29, 1.82) is 0 Å². The molecule has 1 aromatic heterocycles. The summed E-state index contributed by atoms with van der Waals surface area (Å²) in [4.78, 5) is 0. The highest BCUT2D eigenvalue weighted by molar-refractivity contribution is 5.08. The Bertz CT molecular complexity index is 327. The van der Waals surface area contributed by atoms with Crippen LogP contribution in [0.1, 0.15) is 43.8 Å². The molecule has 0 N–H and O–H groups in total. The molecule has 2 heteroatoms. The molecule has 2 nitrogen and oxygen atoms in total. The summed E-state index contributed by atoms with van der Waals surface area (Å²) < 4.78 is 3.54. The van der Waals surface area contributed by atoms with E-state index in [0.717, 1.165) is 17.1 Å². The Kier molecular flexibility index (Phi) is 3.38. The van der Waals surface area contributed by atoms with Gasteiger partial charge in [-0.15, -0.1) is 0 Å². The van der Waals surface area contributed by atoms with Gasteiger partial charge in [0.05, 0.1) is 26.8 Å². The highest BCUT2D eigenvalue weighted by atomic mass is 15.3. The van der Waals surface area contributed by atoms with Crippen LogP contribution in [0.25, 0.3) is 0 Å². The van der Waals surface area contributed by atoms with Crippen molar-refractivity contribution in [1.82, 2.24) is 4.57 Å². The molecule has 1 aromatic rings. The predicted molar refractivity (Wildman–Crippen MR) is 68.3 cm³/mol. The van der Waals surface area contributed by atoms with Gasteiger partial charge in [-0.2, -0.15) is 0 Å². The first-order chi connectivity index (χ1) is 7.56. The van der Waals surface area contributed by atoms with Gasteiger partial charge >= 0.3 is 0 Å². The lowest BCUT2D eigenvalue weighted by Crippen LogP contribution is -2.34. The third kappa shape index (κ3) is 2.88. The van der Waals surface area contributed by atoms with Crippen molar-refractivity contribution in [3.05, 3.63) is 24.0 Å². The summed E-state index contributed by atoms with van der Waals surface area (Å²) in [5.74, 6) is 0. The van der Waals surface area contributed by atoms with E-state index in [2.05, 4.69) is 44.0 Å². The van der Waals surface area contributed by atoms with Crippen LogP contribution >= 0.6 is 0 Å². The fraction of sp³-hybridized carbons (Fsp3) is 0.714. The summed E-state index contributed by atoms with van der Waals surface area (Å²) in [7, 11) is 6.79. The smallest absolute Gasteiger partial charge is 0.119 e. The largest absolute Gasteiger partial charge is 0.344 e. The number of hydrogen-bond acceptors (Lipinski definition) is 0. The molecule has 0 unspecified atom stereocenters. The Balaban J connectivity index is 2.11. The van der Waals surface area contributed by atoms with Gasteiger partial charge in [-0.1, -0.05) is 19.3 Å². The van der Waals surface area contributed by atoms with E-state index in [1.807, 2.05) is 0 Å². The van der Waals surface area contributed by atoms with Crippen LogP contribution in [0.4, 0.5) is 0 Å². The van der Waals surface area contributed by atoms with Crippen LogP contribution in [-0.2, 0) is 6.54 Å². The Hall–Kier alpha value is -0.760. The predicted octanol–water partition coefficient (Wildman–Crippen LogP) is 3.20. The summed E-state index contributed by atoms with van der Waals surface area (Å²) in [6, 6.07) is 5.27. The Morgan fingerprint density at radius 1 is 1.19 bits per heavy atom. The molecule has 1 aliphatic rings. The van der Waals surface area contributed by atoms with Crippen LogP contribution in [-0.4, -0.2) is 30.2 Å². The average molecular weight is 221 g/mol. The van der Waals surface area contributed by atoms with Crippen molar-refractivity contribution >= 4 is 0 Å². The zero-order valence-corrected chi connectivity index (χ0v) is 10.9. The van der Waals surface area contributed by atoms with Crippen molar-refractivity contribution in [3.8, 4) is 0 Å². The standard InChI is InChI=1S/C14H25N2/c1-16(2,3)12-14-10-7-11-15(14)13-8-5-4-6-9-13/h7,10-11,13H,4-6,8-9,12H2,1-3H3/q+1. The highest BCUT2D eigenvalue weighted by Crippen LogP contribution is 2.29. The topological polar surface area (TPSA) is 4.93 Å². The van der Waals surface area contributed by atoms with Gasteiger partial charge in [-0.3, -0.25) is 0 Å². The van der Waals surface area contributed by atoms with Crippen LogP contribution in [0.5, 0.6) is 0 Å². The van der Waals surface area contributed by atoms with Crippen molar-refractivity contribution in [2.45, 2.75) is 44.7 Å². The van der Waals surface area contributed by atoms with Gasteiger partial charge in [0.2, 0.25) is 0 Å². The molecule has 0 atom stereocenters. The van der Waals surface area contributed by atoms with E-state index >= 15 is 0 Å². The molecular weight excluding hydrogens is 196 g/mol. The lowest BCUT2D eigenvalue weighted by Gasteiger charge is -2.29. The zero-order valence-electron chi connectivity index (χ0n) is 10.9. The number of aromatic nitrogens is 1. The third-order valence-corrected chi connectivity index (χ3v) is 3.47. The molecule has 0 saturated heterocycles. The lowest BCUT2D eigenvalue weighted by atomic mass is 9.95. The van der Waals surface area contributed by atoms with Gasteiger partial charge in [0.25, 0.3) is 0 Å². The Labute approximate surface area is 99.5 Å². The van der Waals surface area contributed by atoms with E-state index in [9.17, 15) is 0 Å². The number of rotatable bonds is 3. The first-order valence-corrected chi connectivity index (χ1v) is 6.52. The van der Waals surface area contributed by atoms with Crippen LogP contribution in [0, 0.1) is 0 Å². The maximum absolute atomic E-state index is 2.53. The quantitative estimate of drug-likeness (QED) is 0.691. The van der Waals surface area contributed by atoms with Crippen LogP contribution < -0.4 is 0 Å². The number of nitrogens with zero attached hydrogens (tertiary/aromatic N) is 2. The van der Waals surface area contributed by atoms with E-state index in [4.69, 9.17) is 0 Å². The Morgan fingerprint density at radius 3 is 2.50 bits per heavy atom. The van der Waals surface area contributed by atoms with Gasteiger partial charge in [0.15, 0.2) is 0 Å². The van der Waals surface area contributed by atoms with Crippen molar-refractivity contribution in [2.75, 3.05) is 21.1 Å². The van der Waals surface area contributed by atoms with Gasteiger partial charge in [-0.25, -0.2) is 0 Å². The van der Waals surface area contributed by atoms with Crippen molar-refractivity contribution < 1.29 is 4.48 Å². The van der Waals surface area contributed by atoms with Crippen LogP contribution in [0.15, 0.2) is 18.3 Å². The summed E-state index contributed by atoms with van der Waals surface area (Å²) >= 11 is 0. The summed E-state index contributed by atoms with van der Waals surface area (Å²) in [5, 5.41) is 0. The molecule has 0 aliphatic heterocycles. The number of quaternary nitrogens is 1. The first-order valence-electron chi connectivity index (χ1n) is 6.52. The molecule has 0 aromatic carbocycles. The van der Waals surface area contributed by atoms with E-state index in [0.29, 0.717) is 0 Å². The monoisotopic (exact) mass is 221 g/mol. The number of hydrogen-bond donors (Lipinski definition) is 0. The second-order valence-corrected chi connectivity index (χ2v) is 6.15. The first kappa shape index (κ1) is 11.7. The normalized spacial score (nSPS) is 18.9. The molecule has 90 valence electrons. The minimum atomic E-state index is 0.769. The molecule has 1 fully saturated rings. The maximum atomic E-state index is 2.53. The summed E-state index contributed by atoms with van der Waals surface area (Å²) in [6.07, 6.45) is 9.28. The van der Waals surface area contributed by atoms with Crippen LogP contribution in [0.3, 0.4) is 0 Å². The van der Waals surface area contributed by atoms with E-state index in [1.54, 1.807) is 0 Å². The molecular formula is C14H25N2+. The van der Waals surface area contributed by atoms with Gasteiger partial charge in [0.1, 0.15) is 6.54 Å². The fourth-order valence-corrected chi connectivity index (χ4v) is 2.76. The molecule has 1 heterocycles. The van der Waals surface area contributed by atoms with E-state index in [1.165, 1.54) is 37.8 Å². The molecule has 1 saturated carbocycles. The van der Waals surface area contributed by atoms with Crippen molar-refractivity contribution in [2.24, 2.45) is 0 Å². The molecule has 0 spiro atoms. The summed E-state index contributed by atoms with van der Waals surface area (Å²) in [5.41, 5.74) is 1.50. The molecule has 0 amide bonds. The Morgan fingerprint density at radius 2 is 1.88 bits per heavy atom. The minimum absolute atomic E-state index is 0.769. The molecule has 0 radical (unpaired) electrons. The molecule has 1 aliphatic carbocycles. The SMILES string of the molecule is C[N+](C)(C)Cc1cccn1C1CCCCC1. The summed E-state index contributed by atoms with van der Waals surface area (Å²) in [6.45, 7) is 1.13. The maximum Gasteiger partial charge on any atom is 0.119 e. The molecule has 2 rings (SSSR count). The van der Waals surface area contributed by atoms with Crippen molar-refractivity contribution in [3.63, 3.8) is 0 Å². The second-order valence-electron chi connectivity index (χ2n) is 6.15. The fourth-order valence-electron chi connectivity index (χ4n) is 2.76. The lowest BCUT2D eigenvalue weighted by molar-refractivity contribution is -0.884. The van der Waals surface area contributed by atoms with Gasteiger partial charge in [0, 0.05) is 12.2 Å². The second kappa shape index (κ2) is 4.62. The minimum Gasteiger partial charge on any atom is -0.344 e. The molecule has 0 bridgehead atoms. The van der Waals surface area contributed by atoms with Gasteiger partial charge in [-0.05, 0) is 25.0 Å². The van der Waals surface area contributed by atoms with Crippen LogP contribution in [0.2, 0.25) is 0 Å². The average Bonchev–Trinajstić information content (AvgIpc) is 2.64. The van der Waals surface area contributed by atoms with E-state index < -0.39 is 0 Å². The van der Waals surface area contributed by atoms with E-state index in [-0.39, 0.29) is 0 Å². The van der Waals surface area contributed by atoms with Gasteiger partial charge < -0.3 is 9.05 Å². The molecule has 16 heavy (non-hydrogen) atoms. The zero-order chi connectivity index (χ0) is 11.6. The third-order valence-electron chi connectivity index (χ3n) is 3.47. The highest BCUT2D eigenvalue weighted by Gasteiger charge is 2.19.